The van der Waals surface area contributed by atoms with Crippen molar-refractivity contribution in [2.24, 2.45) is 0 Å². The molecule has 2 rings (SSSR count). The van der Waals surface area contributed by atoms with E-state index in [9.17, 15) is 5.11 Å². The number of nitrogens with zero attached hydrogens (tertiary/aromatic N) is 2. The van der Waals surface area contributed by atoms with Crippen LogP contribution in [0.1, 0.15) is 30.6 Å². The van der Waals surface area contributed by atoms with Crippen molar-refractivity contribution >= 4 is 11.3 Å². The summed E-state index contributed by atoms with van der Waals surface area (Å²) in [5.74, 6) is 0. The van der Waals surface area contributed by atoms with Crippen LogP contribution in [0.4, 0.5) is 0 Å². The van der Waals surface area contributed by atoms with Crippen LogP contribution in [0, 0.1) is 0 Å². The lowest BCUT2D eigenvalue weighted by atomic mass is 10.2. The lowest BCUT2D eigenvalue weighted by molar-refractivity contribution is 0.157. The molecule has 18 heavy (non-hydrogen) atoms. The standard InChI is InChI=1S/C13H23N3OS/c17-10-12-4-3-7-16(12)6-2-1-5-14-8-13-9-15-11-18-13/h9,11-12,14,17H,1-8,10H2. The third kappa shape index (κ3) is 4.31. The molecule has 0 radical (unpaired) electrons. The van der Waals surface area contributed by atoms with Crippen molar-refractivity contribution in [1.82, 2.24) is 15.2 Å². The Hall–Kier alpha value is -0.490. The van der Waals surface area contributed by atoms with E-state index in [1.807, 2.05) is 11.7 Å². The van der Waals surface area contributed by atoms with Crippen molar-refractivity contribution in [3.05, 3.63) is 16.6 Å². The second kappa shape index (κ2) is 7.84. The summed E-state index contributed by atoms with van der Waals surface area (Å²) >= 11 is 1.70. The van der Waals surface area contributed by atoms with Gasteiger partial charge in [0.2, 0.25) is 0 Å². The largest absolute Gasteiger partial charge is 0.395 e. The lowest BCUT2D eigenvalue weighted by Crippen LogP contribution is -2.33. The highest BCUT2D eigenvalue weighted by Crippen LogP contribution is 2.16. The summed E-state index contributed by atoms with van der Waals surface area (Å²) < 4.78 is 0. The maximum absolute atomic E-state index is 9.22. The molecule has 1 aromatic heterocycles. The van der Waals surface area contributed by atoms with Crippen LogP contribution < -0.4 is 5.32 Å². The minimum atomic E-state index is 0.323. The van der Waals surface area contributed by atoms with Gasteiger partial charge in [0.1, 0.15) is 0 Å². The number of unbranched alkanes of at least 4 members (excludes halogenated alkanes) is 1. The Kier molecular flexibility index (Phi) is 6.07. The van der Waals surface area contributed by atoms with Crippen LogP contribution in [0.25, 0.3) is 0 Å². The molecule has 1 aromatic rings. The Morgan fingerprint density at radius 3 is 3.22 bits per heavy atom. The smallest absolute Gasteiger partial charge is 0.0794 e. The molecule has 1 saturated heterocycles. The first-order chi connectivity index (χ1) is 8.90. The summed E-state index contributed by atoms with van der Waals surface area (Å²) in [5.41, 5.74) is 1.87. The molecule has 1 unspecified atom stereocenters. The highest BCUT2D eigenvalue weighted by molar-refractivity contribution is 7.09. The van der Waals surface area contributed by atoms with Crippen LogP contribution in [-0.2, 0) is 6.54 Å². The van der Waals surface area contributed by atoms with Crippen molar-refractivity contribution in [3.8, 4) is 0 Å². The minimum absolute atomic E-state index is 0.323. The second-order valence-electron chi connectivity index (χ2n) is 4.87. The van der Waals surface area contributed by atoms with Crippen molar-refractivity contribution in [1.29, 1.82) is 0 Å². The van der Waals surface area contributed by atoms with Gasteiger partial charge in [-0.25, -0.2) is 0 Å². The van der Waals surface area contributed by atoms with E-state index in [1.54, 1.807) is 11.3 Å². The van der Waals surface area contributed by atoms with E-state index in [2.05, 4.69) is 15.2 Å². The number of rotatable bonds is 8. The van der Waals surface area contributed by atoms with E-state index >= 15 is 0 Å². The van der Waals surface area contributed by atoms with E-state index in [0.717, 1.165) is 19.6 Å². The average Bonchev–Trinajstić information content (AvgIpc) is 3.04. The molecule has 0 aliphatic carbocycles. The Morgan fingerprint density at radius 1 is 1.50 bits per heavy atom. The SMILES string of the molecule is OCC1CCCN1CCCCNCc1cncs1. The molecule has 5 heteroatoms. The molecule has 0 spiro atoms. The van der Waals surface area contributed by atoms with Crippen LogP contribution in [0.3, 0.4) is 0 Å². The lowest BCUT2D eigenvalue weighted by Gasteiger charge is -2.22. The van der Waals surface area contributed by atoms with Crippen molar-refractivity contribution < 1.29 is 5.11 Å². The van der Waals surface area contributed by atoms with Crippen molar-refractivity contribution in [3.63, 3.8) is 0 Å². The molecule has 0 amide bonds. The average molecular weight is 269 g/mol. The van der Waals surface area contributed by atoms with Gasteiger partial charge in [-0.05, 0) is 45.3 Å². The first-order valence-electron chi connectivity index (χ1n) is 6.83. The third-order valence-electron chi connectivity index (χ3n) is 3.54. The molecule has 1 atom stereocenters. The number of thiazole rings is 1. The number of aromatic nitrogens is 1. The summed E-state index contributed by atoms with van der Waals surface area (Å²) in [6, 6.07) is 0.426. The Balaban J connectivity index is 1.48. The summed E-state index contributed by atoms with van der Waals surface area (Å²) in [6.07, 6.45) is 6.75. The fourth-order valence-electron chi connectivity index (χ4n) is 2.50. The van der Waals surface area contributed by atoms with Gasteiger partial charge in [-0.3, -0.25) is 9.88 Å². The second-order valence-corrected chi connectivity index (χ2v) is 5.84. The first kappa shape index (κ1) is 13.9. The van der Waals surface area contributed by atoms with Gasteiger partial charge in [-0.1, -0.05) is 0 Å². The van der Waals surface area contributed by atoms with Crippen molar-refractivity contribution in [2.45, 2.75) is 38.3 Å². The fourth-order valence-corrected chi connectivity index (χ4v) is 3.07. The summed E-state index contributed by atoms with van der Waals surface area (Å²) in [5, 5.41) is 12.7. The normalized spacial score (nSPS) is 20.6. The van der Waals surface area contributed by atoms with Gasteiger partial charge in [0.25, 0.3) is 0 Å². The Bertz CT molecular complexity index is 318. The fraction of sp³-hybridized carbons (Fsp3) is 0.769. The van der Waals surface area contributed by atoms with Gasteiger partial charge in [0.15, 0.2) is 0 Å². The zero-order valence-electron chi connectivity index (χ0n) is 10.8. The molecule has 4 nitrogen and oxygen atoms in total. The van der Waals surface area contributed by atoms with Crippen LogP contribution in [0.5, 0.6) is 0 Å². The van der Waals surface area contributed by atoms with Gasteiger partial charge in [0.05, 0.1) is 12.1 Å². The maximum atomic E-state index is 9.22. The molecule has 0 saturated carbocycles. The predicted molar refractivity (Wildman–Crippen MR) is 74.7 cm³/mol. The molecule has 1 aliphatic rings. The first-order valence-corrected chi connectivity index (χ1v) is 7.71. The molecule has 1 aliphatic heterocycles. The van der Waals surface area contributed by atoms with Gasteiger partial charge in [-0.15, -0.1) is 11.3 Å². The number of likely N-dealkylation sites (tertiary alicyclic amines) is 1. The highest BCUT2D eigenvalue weighted by Gasteiger charge is 2.22. The number of nitrogens with one attached hydrogen (secondary N) is 1. The Morgan fingerprint density at radius 2 is 2.44 bits per heavy atom. The van der Waals surface area contributed by atoms with Gasteiger partial charge >= 0.3 is 0 Å². The molecule has 2 N–H and O–H groups in total. The van der Waals surface area contributed by atoms with Gasteiger partial charge < -0.3 is 10.4 Å². The topological polar surface area (TPSA) is 48.4 Å². The maximum Gasteiger partial charge on any atom is 0.0794 e. The molecular weight excluding hydrogens is 246 g/mol. The molecule has 102 valence electrons. The summed E-state index contributed by atoms with van der Waals surface area (Å²) in [7, 11) is 0. The number of hydrogen-bond donors (Lipinski definition) is 2. The molecular formula is C13H23N3OS. The van der Waals surface area contributed by atoms with Crippen LogP contribution in [0.2, 0.25) is 0 Å². The van der Waals surface area contributed by atoms with E-state index in [1.165, 1.54) is 37.1 Å². The van der Waals surface area contributed by atoms with Crippen molar-refractivity contribution in [2.75, 3.05) is 26.2 Å². The van der Waals surface area contributed by atoms with Crippen LogP contribution in [-0.4, -0.2) is 47.3 Å². The third-order valence-corrected chi connectivity index (χ3v) is 4.32. The monoisotopic (exact) mass is 269 g/mol. The molecule has 0 bridgehead atoms. The van der Waals surface area contributed by atoms with E-state index in [4.69, 9.17) is 0 Å². The molecule has 1 fully saturated rings. The molecule has 0 aromatic carbocycles. The van der Waals surface area contributed by atoms with Crippen LogP contribution >= 0.6 is 11.3 Å². The summed E-state index contributed by atoms with van der Waals surface area (Å²) in [4.78, 5) is 7.79. The van der Waals surface area contributed by atoms with Gasteiger partial charge in [-0.2, -0.15) is 0 Å². The molecule has 2 heterocycles. The predicted octanol–water partition coefficient (Wildman–Crippen LogP) is 1.47. The summed E-state index contributed by atoms with van der Waals surface area (Å²) in [6.45, 7) is 4.62. The van der Waals surface area contributed by atoms with Gasteiger partial charge in [0, 0.05) is 23.7 Å². The number of aliphatic hydroxyl groups is 1. The number of aliphatic hydroxyl groups excluding tert-OH is 1. The quantitative estimate of drug-likeness (QED) is 0.702. The number of hydrogen-bond acceptors (Lipinski definition) is 5. The van der Waals surface area contributed by atoms with Crippen LogP contribution in [0.15, 0.2) is 11.7 Å². The Labute approximate surface area is 113 Å². The van der Waals surface area contributed by atoms with E-state index < -0.39 is 0 Å². The highest BCUT2D eigenvalue weighted by atomic mass is 32.1. The zero-order valence-corrected chi connectivity index (χ0v) is 11.7. The van der Waals surface area contributed by atoms with E-state index in [-0.39, 0.29) is 0 Å². The minimum Gasteiger partial charge on any atom is -0.395 e. The zero-order chi connectivity index (χ0) is 12.6. The van der Waals surface area contributed by atoms with E-state index in [0.29, 0.717) is 12.6 Å².